The Morgan fingerprint density at radius 1 is 1.06 bits per heavy atom. The summed E-state index contributed by atoms with van der Waals surface area (Å²) in [6, 6.07) is 10.2. The smallest absolute Gasteiger partial charge is 0.163 e. The minimum absolute atomic E-state index is 0.916. The topological polar surface area (TPSA) is 30.2 Å². The third-order valence-corrected chi connectivity index (χ3v) is 3.01. The Kier molecular flexibility index (Phi) is 2.18. The fraction of sp³-hybridized carbons (Fsp3) is 0.143. The number of rotatable bonds is 1. The van der Waals surface area contributed by atoms with Gasteiger partial charge in [-0.1, -0.05) is 30.3 Å². The van der Waals surface area contributed by atoms with Crippen molar-refractivity contribution in [1.82, 2.24) is 14.6 Å². The lowest BCUT2D eigenvalue weighted by Gasteiger charge is -2.02. The van der Waals surface area contributed by atoms with E-state index in [2.05, 4.69) is 22.2 Å². The van der Waals surface area contributed by atoms with E-state index in [1.165, 1.54) is 0 Å². The minimum atomic E-state index is 0.916. The average Bonchev–Trinajstić information content (AvgIpc) is 2.74. The summed E-state index contributed by atoms with van der Waals surface area (Å²) >= 11 is 0. The first-order valence-electron chi connectivity index (χ1n) is 5.63. The molecule has 0 fully saturated rings. The van der Waals surface area contributed by atoms with E-state index in [1.807, 2.05) is 49.0 Å². The van der Waals surface area contributed by atoms with E-state index in [-0.39, 0.29) is 0 Å². The Hall–Kier alpha value is -2.16. The van der Waals surface area contributed by atoms with Crippen LogP contribution >= 0.6 is 0 Å². The highest BCUT2D eigenvalue weighted by Gasteiger charge is 2.08. The van der Waals surface area contributed by atoms with Gasteiger partial charge >= 0.3 is 0 Å². The van der Waals surface area contributed by atoms with Gasteiger partial charge in [0.1, 0.15) is 0 Å². The monoisotopic (exact) mass is 223 g/mol. The molecule has 2 aromatic heterocycles. The van der Waals surface area contributed by atoms with Gasteiger partial charge in [-0.25, -0.2) is 9.50 Å². The number of hydrogen-bond acceptors (Lipinski definition) is 2. The van der Waals surface area contributed by atoms with Crippen LogP contribution in [0.1, 0.15) is 11.3 Å². The van der Waals surface area contributed by atoms with Gasteiger partial charge in [0.2, 0.25) is 0 Å². The molecule has 0 aliphatic rings. The summed E-state index contributed by atoms with van der Waals surface area (Å²) in [6.45, 7) is 4.07. The SMILES string of the molecule is Cc1cn2ncc(-c3ccccc3)c2nc1C. The molecule has 0 aliphatic carbocycles. The van der Waals surface area contributed by atoms with Crippen molar-refractivity contribution >= 4 is 5.65 Å². The average molecular weight is 223 g/mol. The van der Waals surface area contributed by atoms with Gasteiger partial charge in [0.05, 0.1) is 6.20 Å². The van der Waals surface area contributed by atoms with E-state index in [1.54, 1.807) is 0 Å². The van der Waals surface area contributed by atoms with Gasteiger partial charge in [0.25, 0.3) is 0 Å². The molecule has 0 saturated heterocycles. The Morgan fingerprint density at radius 3 is 2.59 bits per heavy atom. The van der Waals surface area contributed by atoms with Crippen LogP contribution in [0.3, 0.4) is 0 Å². The minimum Gasteiger partial charge on any atom is -0.233 e. The van der Waals surface area contributed by atoms with Crippen LogP contribution in [0.15, 0.2) is 42.7 Å². The quantitative estimate of drug-likeness (QED) is 0.634. The fourth-order valence-electron chi connectivity index (χ4n) is 1.91. The molecule has 0 amide bonds. The summed E-state index contributed by atoms with van der Waals surface area (Å²) < 4.78 is 1.84. The summed E-state index contributed by atoms with van der Waals surface area (Å²) in [4.78, 5) is 4.61. The molecule has 84 valence electrons. The van der Waals surface area contributed by atoms with Gasteiger partial charge < -0.3 is 0 Å². The fourth-order valence-corrected chi connectivity index (χ4v) is 1.91. The lowest BCUT2D eigenvalue weighted by Crippen LogP contribution is -1.95. The highest BCUT2D eigenvalue weighted by atomic mass is 15.2. The molecular weight excluding hydrogens is 210 g/mol. The van der Waals surface area contributed by atoms with Crippen LogP contribution in [0.4, 0.5) is 0 Å². The van der Waals surface area contributed by atoms with Crippen LogP contribution in [0.2, 0.25) is 0 Å². The molecule has 0 radical (unpaired) electrons. The molecule has 0 N–H and O–H groups in total. The van der Waals surface area contributed by atoms with Crippen molar-refractivity contribution in [3.8, 4) is 11.1 Å². The zero-order valence-electron chi connectivity index (χ0n) is 9.88. The summed E-state index contributed by atoms with van der Waals surface area (Å²) in [5.74, 6) is 0. The van der Waals surface area contributed by atoms with E-state index in [4.69, 9.17) is 0 Å². The maximum Gasteiger partial charge on any atom is 0.163 e. The molecule has 0 aliphatic heterocycles. The molecule has 3 rings (SSSR count). The predicted octanol–water partition coefficient (Wildman–Crippen LogP) is 3.01. The van der Waals surface area contributed by atoms with Crippen LogP contribution in [0.5, 0.6) is 0 Å². The molecule has 2 heterocycles. The summed E-state index contributed by atoms with van der Waals surface area (Å²) in [5.41, 5.74) is 5.35. The van der Waals surface area contributed by atoms with E-state index in [0.717, 1.165) is 28.0 Å². The zero-order chi connectivity index (χ0) is 11.8. The lowest BCUT2D eigenvalue weighted by molar-refractivity contribution is 0.915. The van der Waals surface area contributed by atoms with Gasteiger partial charge in [0.15, 0.2) is 5.65 Å². The highest BCUT2D eigenvalue weighted by Crippen LogP contribution is 2.23. The molecule has 3 heteroatoms. The molecule has 3 aromatic rings. The van der Waals surface area contributed by atoms with Gasteiger partial charge in [0, 0.05) is 17.5 Å². The molecule has 0 spiro atoms. The van der Waals surface area contributed by atoms with Crippen molar-refractivity contribution in [2.24, 2.45) is 0 Å². The third-order valence-electron chi connectivity index (χ3n) is 3.01. The predicted molar refractivity (Wildman–Crippen MR) is 67.9 cm³/mol. The van der Waals surface area contributed by atoms with Crippen molar-refractivity contribution < 1.29 is 0 Å². The van der Waals surface area contributed by atoms with E-state index in [0.29, 0.717) is 0 Å². The van der Waals surface area contributed by atoms with Crippen LogP contribution in [-0.2, 0) is 0 Å². The lowest BCUT2D eigenvalue weighted by atomic mass is 10.1. The van der Waals surface area contributed by atoms with Gasteiger partial charge in [-0.2, -0.15) is 5.10 Å². The molecule has 3 nitrogen and oxygen atoms in total. The maximum atomic E-state index is 4.61. The second-order valence-electron chi connectivity index (χ2n) is 4.20. The Labute approximate surface area is 99.7 Å². The first-order valence-corrected chi connectivity index (χ1v) is 5.63. The Morgan fingerprint density at radius 2 is 1.82 bits per heavy atom. The number of aromatic nitrogens is 3. The number of aryl methyl sites for hydroxylation is 2. The molecule has 0 atom stereocenters. The van der Waals surface area contributed by atoms with Gasteiger partial charge in [-0.05, 0) is 25.0 Å². The summed E-state index contributed by atoms with van der Waals surface area (Å²) in [7, 11) is 0. The van der Waals surface area contributed by atoms with E-state index in [9.17, 15) is 0 Å². The largest absolute Gasteiger partial charge is 0.233 e. The molecular formula is C14H13N3. The van der Waals surface area contributed by atoms with Crippen LogP contribution < -0.4 is 0 Å². The number of nitrogens with zero attached hydrogens (tertiary/aromatic N) is 3. The molecule has 0 unspecified atom stereocenters. The second-order valence-corrected chi connectivity index (χ2v) is 4.20. The van der Waals surface area contributed by atoms with Gasteiger partial charge in [-0.15, -0.1) is 0 Å². The van der Waals surface area contributed by atoms with Gasteiger partial charge in [-0.3, -0.25) is 0 Å². The van der Waals surface area contributed by atoms with Crippen molar-refractivity contribution in [1.29, 1.82) is 0 Å². The van der Waals surface area contributed by atoms with Crippen molar-refractivity contribution in [2.45, 2.75) is 13.8 Å². The summed E-state index contributed by atoms with van der Waals surface area (Å²) in [6.07, 6.45) is 3.89. The first-order chi connectivity index (χ1) is 8.25. The van der Waals surface area contributed by atoms with Crippen LogP contribution in [-0.4, -0.2) is 14.6 Å². The zero-order valence-corrected chi connectivity index (χ0v) is 9.88. The van der Waals surface area contributed by atoms with Crippen LogP contribution in [0, 0.1) is 13.8 Å². The Balaban J connectivity index is 2.29. The maximum absolute atomic E-state index is 4.61. The molecule has 0 bridgehead atoms. The number of hydrogen-bond donors (Lipinski definition) is 0. The molecule has 0 saturated carbocycles. The van der Waals surface area contributed by atoms with Crippen molar-refractivity contribution in [2.75, 3.05) is 0 Å². The highest BCUT2D eigenvalue weighted by molar-refractivity contribution is 5.76. The molecule has 17 heavy (non-hydrogen) atoms. The standard InChI is InChI=1S/C14H13N3/c1-10-9-17-14(16-11(10)2)13(8-15-17)12-6-4-3-5-7-12/h3-9H,1-2H3. The second kappa shape index (κ2) is 3.70. The third kappa shape index (κ3) is 1.60. The number of fused-ring (bicyclic) bond motifs is 1. The van der Waals surface area contributed by atoms with Crippen molar-refractivity contribution in [3.63, 3.8) is 0 Å². The summed E-state index contributed by atoms with van der Waals surface area (Å²) in [5, 5.41) is 4.35. The number of benzene rings is 1. The van der Waals surface area contributed by atoms with E-state index >= 15 is 0 Å². The Bertz CT molecular complexity index is 669. The van der Waals surface area contributed by atoms with E-state index < -0.39 is 0 Å². The first kappa shape index (κ1) is 10.0. The molecule has 1 aromatic carbocycles. The normalized spacial score (nSPS) is 10.9. The van der Waals surface area contributed by atoms with Crippen LogP contribution in [0.25, 0.3) is 16.8 Å². The van der Waals surface area contributed by atoms with Crippen molar-refractivity contribution in [3.05, 3.63) is 54.0 Å².